The van der Waals surface area contributed by atoms with Crippen LogP contribution >= 0.6 is 11.6 Å². The van der Waals surface area contributed by atoms with E-state index >= 15 is 0 Å². The molecule has 0 unspecified atom stereocenters. The Morgan fingerprint density at radius 1 is 1.37 bits per heavy atom. The number of benzene rings is 1. The monoisotopic (exact) mass is 313 g/mol. The lowest BCUT2D eigenvalue weighted by atomic mass is 10.2. The normalized spacial score (nSPS) is 12.4. The first-order valence-electron chi connectivity index (χ1n) is 5.16. The Labute approximate surface area is 114 Å². The third kappa shape index (κ3) is 4.22. The molecule has 0 aliphatic rings. The summed E-state index contributed by atoms with van der Waals surface area (Å²) in [7, 11) is -4.08. The van der Waals surface area contributed by atoms with Crippen molar-refractivity contribution in [2.45, 2.75) is 17.5 Å². The smallest absolute Gasteiger partial charge is 0.211 e. The molecule has 0 saturated carbocycles. The highest BCUT2D eigenvalue weighted by molar-refractivity contribution is 7.89. The van der Waals surface area contributed by atoms with Crippen molar-refractivity contribution in [1.82, 2.24) is 4.72 Å². The zero-order chi connectivity index (χ0) is 14.7. The van der Waals surface area contributed by atoms with Gasteiger partial charge in [-0.05, 0) is 24.6 Å². The molecule has 106 valence electrons. The van der Waals surface area contributed by atoms with E-state index < -0.39 is 26.7 Å². The molecule has 0 spiro atoms. The van der Waals surface area contributed by atoms with Gasteiger partial charge in [-0.3, -0.25) is 0 Å². The van der Waals surface area contributed by atoms with E-state index in [0.717, 1.165) is 12.1 Å². The molecule has 1 N–H and O–H groups in total. The summed E-state index contributed by atoms with van der Waals surface area (Å²) in [4.78, 5) is -0.590. The Bertz CT molecular complexity index is 570. The maximum absolute atomic E-state index is 12.5. The fourth-order valence-electron chi connectivity index (χ4n) is 1.26. The third-order valence-electron chi connectivity index (χ3n) is 2.19. The standard InChI is InChI=1S/C11H11ClF3NO2S/c1-2-3-6-16-19(17,18)10-7-8(11(13,14)15)4-5-9(10)12/h2,4-5,7,16H,1,3,6H2. The van der Waals surface area contributed by atoms with Crippen molar-refractivity contribution in [2.24, 2.45) is 0 Å². The average Bonchev–Trinajstić information content (AvgIpc) is 2.27. The predicted molar refractivity (Wildman–Crippen MR) is 66.5 cm³/mol. The molecule has 0 aromatic heterocycles. The molecule has 0 bridgehead atoms. The summed E-state index contributed by atoms with van der Waals surface area (Å²) in [6.07, 6.45) is -2.79. The van der Waals surface area contributed by atoms with Gasteiger partial charge in [0.2, 0.25) is 10.0 Å². The van der Waals surface area contributed by atoms with Gasteiger partial charge in [-0.1, -0.05) is 17.7 Å². The first-order chi connectivity index (χ1) is 8.68. The predicted octanol–water partition coefficient (Wildman–Crippen LogP) is 3.21. The number of nitrogens with one attached hydrogen (secondary N) is 1. The first-order valence-corrected chi connectivity index (χ1v) is 7.02. The molecule has 19 heavy (non-hydrogen) atoms. The lowest BCUT2D eigenvalue weighted by Gasteiger charge is -2.11. The molecule has 0 aliphatic heterocycles. The largest absolute Gasteiger partial charge is 0.416 e. The van der Waals surface area contributed by atoms with E-state index in [2.05, 4.69) is 11.3 Å². The maximum atomic E-state index is 12.5. The number of sulfonamides is 1. The minimum Gasteiger partial charge on any atom is -0.211 e. The molecule has 1 aromatic rings. The summed E-state index contributed by atoms with van der Waals surface area (Å²) in [6, 6.07) is 2.15. The molecule has 0 fully saturated rings. The Morgan fingerprint density at radius 3 is 2.53 bits per heavy atom. The van der Waals surface area contributed by atoms with Gasteiger partial charge < -0.3 is 0 Å². The van der Waals surface area contributed by atoms with Crippen molar-refractivity contribution >= 4 is 21.6 Å². The van der Waals surface area contributed by atoms with Crippen LogP contribution in [0.3, 0.4) is 0 Å². The fourth-order valence-corrected chi connectivity index (χ4v) is 2.83. The first kappa shape index (κ1) is 16.0. The zero-order valence-electron chi connectivity index (χ0n) is 9.67. The van der Waals surface area contributed by atoms with Crippen LogP contribution in [0.2, 0.25) is 5.02 Å². The van der Waals surface area contributed by atoms with Crippen LogP contribution in [0.15, 0.2) is 35.7 Å². The van der Waals surface area contributed by atoms with Crippen molar-refractivity contribution < 1.29 is 21.6 Å². The molecule has 3 nitrogen and oxygen atoms in total. The van der Waals surface area contributed by atoms with Crippen LogP contribution in [-0.4, -0.2) is 15.0 Å². The van der Waals surface area contributed by atoms with Crippen LogP contribution in [0, 0.1) is 0 Å². The Kier molecular flexibility index (Phi) is 5.00. The maximum Gasteiger partial charge on any atom is 0.416 e. The molecular formula is C11H11ClF3NO2S. The van der Waals surface area contributed by atoms with Crippen LogP contribution in [0.4, 0.5) is 13.2 Å². The van der Waals surface area contributed by atoms with Crippen molar-refractivity contribution in [1.29, 1.82) is 0 Å². The van der Waals surface area contributed by atoms with Crippen molar-refractivity contribution in [3.05, 3.63) is 41.4 Å². The number of alkyl halides is 3. The minimum absolute atomic E-state index is 0.0401. The molecule has 1 rings (SSSR count). The van der Waals surface area contributed by atoms with Gasteiger partial charge >= 0.3 is 6.18 Å². The van der Waals surface area contributed by atoms with Crippen LogP contribution in [0.1, 0.15) is 12.0 Å². The van der Waals surface area contributed by atoms with Crippen LogP contribution in [-0.2, 0) is 16.2 Å². The quantitative estimate of drug-likeness (QED) is 0.670. The second-order valence-electron chi connectivity index (χ2n) is 3.62. The van der Waals surface area contributed by atoms with Crippen molar-refractivity contribution in [3.63, 3.8) is 0 Å². The summed E-state index contributed by atoms with van der Waals surface area (Å²) in [5.41, 5.74) is -1.07. The number of halogens is 4. The van der Waals surface area contributed by atoms with Gasteiger partial charge in [-0.2, -0.15) is 13.2 Å². The minimum atomic E-state index is -4.63. The van der Waals surface area contributed by atoms with E-state index in [0.29, 0.717) is 12.5 Å². The topological polar surface area (TPSA) is 46.2 Å². The van der Waals surface area contributed by atoms with Crippen LogP contribution in [0.5, 0.6) is 0 Å². The Hall–Kier alpha value is -1.05. The highest BCUT2D eigenvalue weighted by atomic mass is 35.5. The molecule has 1 aromatic carbocycles. The fraction of sp³-hybridized carbons (Fsp3) is 0.273. The Balaban J connectivity index is 3.15. The molecule has 0 atom stereocenters. The second-order valence-corrected chi connectivity index (χ2v) is 5.76. The molecule has 0 heterocycles. The van der Waals surface area contributed by atoms with Crippen LogP contribution in [0.25, 0.3) is 0 Å². The summed E-state index contributed by atoms with van der Waals surface area (Å²) in [6.45, 7) is 3.45. The van der Waals surface area contributed by atoms with E-state index in [1.54, 1.807) is 0 Å². The van der Waals surface area contributed by atoms with Gasteiger partial charge in [0.05, 0.1) is 10.6 Å². The van der Waals surface area contributed by atoms with Gasteiger partial charge in [0.25, 0.3) is 0 Å². The number of hydrogen-bond acceptors (Lipinski definition) is 2. The van der Waals surface area contributed by atoms with E-state index in [9.17, 15) is 21.6 Å². The van der Waals surface area contributed by atoms with Gasteiger partial charge in [0.1, 0.15) is 4.90 Å². The second kappa shape index (κ2) is 5.94. The number of hydrogen-bond donors (Lipinski definition) is 1. The van der Waals surface area contributed by atoms with E-state index in [1.807, 2.05) is 0 Å². The summed E-state index contributed by atoms with van der Waals surface area (Å²) in [5.74, 6) is 0. The zero-order valence-corrected chi connectivity index (χ0v) is 11.2. The van der Waals surface area contributed by atoms with Gasteiger partial charge in [-0.25, -0.2) is 13.1 Å². The molecular weight excluding hydrogens is 303 g/mol. The molecule has 0 aliphatic carbocycles. The SMILES string of the molecule is C=CCCNS(=O)(=O)c1cc(C(F)(F)F)ccc1Cl. The van der Waals surface area contributed by atoms with Gasteiger partial charge in [-0.15, -0.1) is 6.58 Å². The summed E-state index contributed by atoms with van der Waals surface area (Å²) >= 11 is 5.64. The van der Waals surface area contributed by atoms with Crippen molar-refractivity contribution in [2.75, 3.05) is 6.54 Å². The van der Waals surface area contributed by atoms with Gasteiger partial charge in [0, 0.05) is 6.54 Å². The lowest BCUT2D eigenvalue weighted by molar-refractivity contribution is -0.137. The average molecular weight is 314 g/mol. The molecule has 0 amide bonds. The molecule has 0 saturated heterocycles. The highest BCUT2D eigenvalue weighted by Crippen LogP contribution is 2.33. The Morgan fingerprint density at radius 2 is 2.00 bits per heavy atom. The molecule has 8 heteroatoms. The van der Waals surface area contributed by atoms with Crippen molar-refractivity contribution in [3.8, 4) is 0 Å². The number of rotatable bonds is 5. The lowest BCUT2D eigenvalue weighted by Crippen LogP contribution is -2.25. The van der Waals surface area contributed by atoms with E-state index in [-0.39, 0.29) is 11.6 Å². The van der Waals surface area contributed by atoms with E-state index in [1.165, 1.54) is 6.08 Å². The van der Waals surface area contributed by atoms with Crippen LogP contribution < -0.4 is 4.72 Å². The highest BCUT2D eigenvalue weighted by Gasteiger charge is 2.32. The summed E-state index contributed by atoms with van der Waals surface area (Å²) < 4.78 is 63.3. The third-order valence-corrected chi connectivity index (χ3v) is 4.13. The van der Waals surface area contributed by atoms with E-state index in [4.69, 9.17) is 11.6 Å². The summed E-state index contributed by atoms with van der Waals surface area (Å²) in [5, 5.41) is -0.265. The molecule has 0 radical (unpaired) electrons. The van der Waals surface area contributed by atoms with Gasteiger partial charge in [0.15, 0.2) is 0 Å².